The van der Waals surface area contributed by atoms with Gasteiger partial charge in [-0.3, -0.25) is 0 Å². The summed E-state index contributed by atoms with van der Waals surface area (Å²) in [7, 11) is 1.61. The van der Waals surface area contributed by atoms with Crippen LogP contribution in [-0.2, 0) is 0 Å². The monoisotopic (exact) mass is 266 g/mol. The Balaban J connectivity index is 2.28. The van der Waals surface area contributed by atoms with Gasteiger partial charge in [-0.05, 0) is 12.1 Å². The molecule has 0 fully saturated rings. The van der Waals surface area contributed by atoms with Crippen molar-refractivity contribution in [1.29, 1.82) is 0 Å². The second-order valence-corrected chi connectivity index (χ2v) is 4.72. The van der Waals surface area contributed by atoms with Crippen LogP contribution in [-0.4, -0.2) is 45.8 Å². The fraction of sp³-hybridized carbons (Fsp3) is 0.333. The van der Waals surface area contributed by atoms with Crippen molar-refractivity contribution in [3.63, 3.8) is 0 Å². The van der Waals surface area contributed by atoms with E-state index in [0.29, 0.717) is 5.75 Å². The number of benzene rings is 1. The fourth-order valence-electron chi connectivity index (χ4n) is 1.48. The van der Waals surface area contributed by atoms with E-state index in [9.17, 15) is 5.11 Å². The molecule has 1 unspecified atom stereocenters. The lowest BCUT2D eigenvalue weighted by Crippen LogP contribution is -2.14. The smallest absolute Gasteiger partial charge is 0.121 e. The molecule has 2 aromatic rings. The van der Waals surface area contributed by atoms with Crippen LogP contribution in [0.4, 0.5) is 0 Å². The molecule has 0 saturated carbocycles. The molecule has 0 radical (unpaired) electrons. The highest BCUT2D eigenvalue weighted by Crippen LogP contribution is 2.27. The van der Waals surface area contributed by atoms with Gasteiger partial charge in [-0.15, -0.1) is 11.8 Å². The zero-order chi connectivity index (χ0) is 13.0. The van der Waals surface area contributed by atoms with Crippen LogP contribution in [0.3, 0.4) is 0 Å². The van der Waals surface area contributed by atoms with E-state index in [1.165, 1.54) is 18.1 Å². The minimum absolute atomic E-state index is 0.246. The van der Waals surface area contributed by atoms with Crippen molar-refractivity contribution in [3.05, 3.63) is 24.5 Å². The largest absolute Gasteiger partial charge is 0.497 e. The van der Waals surface area contributed by atoms with E-state index in [1.54, 1.807) is 7.11 Å². The first-order chi connectivity index (χ1) is 8.74. The first-order valence-corrected chi connectivity index (χ1v) is 6.43. The Morgan fingerprint density at radius 1 is 1.39 bits per heavy atom. The van der Waals surface area contributed by atoms with Crippen LogP contribution in [0.5, 0.6) is 5.75 Å². The van der Waals surface area contributed by atoms with Gasteiger partial charge in [0.1, 0.15) is 17.1 Å². The van der Waals surface area contributed by atoms with Crippen molar-refractivity contribution in [3.8, 4) is 5.75 Å². The maximum atomic E-state index is 9.34. The molecule has 0 aliphatic rings. The quantitative estimate of drug-likeness (QED) is 0.623. The van der Waals surface area contributed by atoms with E-state index in [-0.39, 0.29) is 6.61 Å². The zero-order valence-corrected chi connectivity index (χ0v) is 10.7. The van der Waals surface area contributed by atoms with Crippen LogP contribution in [0, 0.1) is 0 Å². The Hall–Kier alpha value is -1.37. The van der Waals surface area contributed by atoms with Crippen molar-refractivity contribution < 1.29 is 14.9 Å². The van der Waals surface area contributed by atoms with Crippen LogP contribution in [0.15, 0.2) is 29.6 Å². The molecule has 6 heteroatoms. The lowest BCUT2D eigenvalue weighted by Gasteiger charge is -2.08. The van der Waals surface area contributed by atoms with Crippen LogP contribution in [0.25, 0.3) is 10.9 Å². The summed E-state index contributed by atoms with van der Waals surface area (Å²) in [4.78, 5) is 8.37. The molecule has 2 N–H and O–H groups in total. The summed E-state index contributed by atoms with van der Waals surface area (Å²) in [5.41, 5.74) is 0.797. The third-order valence-electron chi connectivity index (χ3n) is 2.43. The van der Waals surface area contributed by atoms with Crippen molar-refractivity contribution >= 4 is 22.7 Å². The van der Waals surface area contributed by atoms with Crippen LogP contribution < -0.4 is 4.74 Å². The number of hydrogen-bond donors (Lipinski definition) is 2. The Morgan fingerprint density at radius 3 is 2.94 bits per heavy atom. The third-order valence-corrected chi connectivity index (χ3v) is 3.58. The van der Waals surface area contributed by atoms with Crippen LogP contribution in [0.1, 0.15) is 0 Å². The van der Waals surface area contributed by atoms with Gasteiger partial charge >= 0.3 is 0 Å². The van der Waals surface area contributed by atoms with Crippen LogP contribution in [0.2, 0.25) is 0 Å². The number of rotatable bonds is 5. The highest BCUT2D eigenvalue weighted by molar-refractivity contribution is 7.99. The predicted octanol–water partition coefficient (Wildman–Crippen LogP) is 1.08. The molecule has 5 nitrogen and oxygen atoms in total. The maximum absolute atomic E-state index is 9.34. The summed E-state index contributed by atoms with van der Waals surface area (Å²) in [5.74, 6) is 1.14. The van der Waals surface area contributed by atoms with Gasteiger partial charge in [0.05, 0.1) is 25.3 Å². The molecular formula is C12H14N2O3S. The first-order valence-electron chi connectivity index (χ1n) is 5.45. The second kappa shape index (κ2) is 5.99. The van der Waals surface area contributed by atoms with Gasteiger partial charge in [-0.1, -0.05) is 0 Å². The summed E-state index contributed by atoms with van der Waals surface area (Å²) in [5, 5.41) is 19.8. The average molecular weight is 266 g/mol. The SMILES string of the molecule is COc1ccc2c(SCC(O)CO)ncnc2c1. The average Bonchev–Trinajstić information content (AvgIpc) is 2.43. The first kappa shape index (κ1) is 13.1. The Labute approximate surface area is 109 Å². The molecule has 0 aliphatic carbocycles. The van der Waals surface area contributed by atoms with E-state index < -0.39 is 6.10 Å². The highest BCUT2D eigenvalue weighted by Gasteiger charge is 2.08. The van der Waals surface area contributed by atoms with Crippen molar-refractivity contribution in [1.82, 2.24) is 9.97 Å². The molecule has 0 spiro atoms. The number of aliphatic hydroxyl groups is 2. The van der Waals surface area contributed by atoms with Crippen LogP contribution >= 0.6 is 11.8 Å². The fourth-order valence-corrected chi connectivity index (χ4v) is 2.39. The van der Waals surface area contributed by atoms with Crippen molar-refractivity contribution in [2.75, 3.05) is 19.5 Å². The van der Waals surface area contributed by atoms with E-state index >= 15 is 0 Å². The number of methoxy groups -OCH3 is 1. The Kier molecular flexibility index (Phi) is 4.35. The number of hydrogen-bond acceptors (Lipinski definition) is 6. The van der Waals surface area contributed by atoms with Crippen molar-refractivity contribution in [2.24, 2.45) is 0 Å². The second-order valence-electron chi connectivity index (χ2n) is 3.71. The number of nitrogens with zero attached hydrogens (tertiary/aromatic N) is 2. The van der Waals surface area contributed by atoms with Gasteiger partial charge in [0.15, 0.2) is 0 Å². The molecule has 1 aromatic heterocycles. The summed E-state index contributed by atoms with van der Waals surface area (Å²) in [6, 6.07) is 5.57. The molecule has 0 amide bonds. The number of ether oxygens (including phenoxy) is 1. The summed E-state index contributed by atoms with van der Waals surface area (Å²) in [6.45, 7) is -0.246. The zero-order valence-electron chi connectivity index (χ0n) is 9.91. The third kappa shape index (κ3) is 2.90. The van der Waals surface area contributed by atoms with Gasteiger partial charge in [0, 0.05) is 17.2 Å². The van der Waals surface area contributed by atoms with Gasteiger partial charge in [0.2, 0.25) is 0 Å². The van der Waals surface area contributed by atoms with E-state index in [4.69, 9.17) is 9.84 Å². The standard InChI is InChI=1S/C12H14N2O3S/c1-17-9-2-3-10-11(4-9)13-7-14-12(10)18-6-8(16)5-15/h2-4,7-8,15-16H,5-6H2,1H3. The number of fused-ring (bicyclic) bond motifs is 1. The minimum atomic E-state index is -0.738. The van der Waals surface area contributed by atoms with E-state index in [1.807, 2.05) is 18.2 Å². The summed E-state index contributed by atoms with van der Waals surface area (Å²) >= 11 is 1.39. The Morgan fingerprint density at radius 2 is 2.22 bits per heavy atom. The molecular weight excluding hydrogens is 252 g/mol. The summed E-state index contributed by atoms with van der Waals surface area (Å²) in [6.07, 6.45) is 0.744. The number of thioether (sulfide) groups is 1. The molecule has 1 aromatic carbocycles. The lowest BCUT2D eigenvalue weighted by molar-refractivity contribution is 0.113. The molecule has 18 heavy (non-hydrogen) atoms. The van der Waals surface area contributed by atoms with E-state index in [0.717, 1.165) is 21.7 Å². The molecule has 0 bridgehead atoms. The normalized spacial score (nSPS) is 12.6. The van der Waals surface area contributed by atoms with E-state index in [2.05, 4.69) is 9.97 Å². The number of aliphatic hydroxyl groups excluding tert-OH is 2. The van der Waals surface area contributed by atoms with Gasteiger partial charge < -0.3 is 14.9 Å². The van der Waals surface area contributed by atoms with Gasteiger partial charge in [0.25, 0.3) is 0 Å². The molecule has 1 heterocycles. The number of aromatic nitrogens is 2. The maximum Gasteiger partial charge on any atom is 0.121 e. The lowest BCUT2D eigenvalue weighted by atomic mass is 10.2. The van der Waals surface area contributed by atoms with Gasteiger partial charge in [-0.2, -0.15) is 0 Å². The predicted molar refractivity (Wildman–Crippen MR) is 69.9 cm³/mol. The van der Waals surface area contributed by atoms with Crippen molar-refractivity contribution in [2.45, 2.75) is 11.1 Å². The molecule has 96 valence electrons. The Bertz CT molecular complexity index is 536. The molecule has 1 atom stereocenters. The molecule has 0 aliphatic heterocycles. The topological polar surface area (TPSA) is 75.5 Å². The summed E-state index contributed by atoms with van der Waals surface area (Å²) < 4.78 is 5.14. The highest BCUT2D eigenvalue weighted by atomic mass is 32.2. The molecule has 2 rings (SSSR count). The molecule has 0 saturated heterocycles. The minimum Gasteiger partial charge on any atom is -0.497 e. The van der Waals surface area contributed by atoms with Gasteiger partial charge in [-0.25, -0.2) is 9.97 Å².